The molecule has 20 heavy (non-hydrogen) atoms. The van der Waals surface area contributed by atoms with Crippen LogP contribution >= 0.6 is 11.3 Å². The van der Waals surface area contributed by atoms with E-state index in [0.717, 1.165) is 5.69 Å². The molecule has 0 spiro atoms. The van der Waals surface area contributed by atoms with Gasteiger partial charge in [-0.2, -0.15) is 0 Å². The molecule has 4 aromatic rings. The lowest BCUT2D eigenvalue weighted by Crippen LogP contribution is -1.85. The number of rotatable bonds is 1. The molecule has 0 aliphatic heterocycles. The van der Waals surface area contributed by atoms with Crippen molar-refractivity contribution in [3.63, 3.8) is 0 Å². The van der Waals surface area contributed by atoms with Gasteiger partial charge >= 0.3 is 0 Å². The monoisotopic (exact) mass is 275 g/mol. The summed E-state index contributed by atoms with van der Waals surface area (Å²) in [4.78, 5) is 0. The lowest BCUT2D eigenvalue weighted by molar-refractivity contribution is 1.67. The predicted molar refractivity (Wildman–Crippen MR) is 89.2 cm³/mol. The van der Waals surface area contributed by atoms with E-state index >= 15 is 0 Å². The molecule has 0 radical (unpaired) electrons. The molecule has 0 aliphatic rings. The van der Waals surface area contributed by atoms with Crippen molar-refractivity contribution in [2.75, 3.05) is 5.73 Å². The topological polar surface area (TPSA) is 26.0 Å². The summed E-state index contributed by atoms with van der Waals surface area (Å²) in [5, 5.41) is 2.46. The van der Waals surface area contributed by atoms with Gasteiger partial charge in [0.05, 0.1) is 0 Å². The number of anilines is 1. The fourth-order valence-corrected chi connectivity index (χ4v) is 3.92. The van der Waals surface area contributed by atoms with Gasteiger partial charge in [0.1, 0.15) is 0 Å². The zero-order chi connectivity index (χ0) is 13.5. The molecule has 0 saturated carbocycles. The molecule has 2 N–H and O–H groups in total. The van der Waals surface area contributed by atoms with E-state index in [1.165, 1.54) is 31.3 Å². The smallest absolute Gasteiger partial charge is 0.0408 e. The third-order valence-corrected chi connectivity index (χ3v) is 4.76. The summed E-state index contributed by atoms with van der Waals surface area (Å²) in [5.74, 6) is 0. The second kappa shape index (κ2) is 4.36. The van der Waals surface area contributed by atoms with Gasteiger partial charge in [-0.3, -0.25) is 0 Å². The van der Waals surface area contributed by atoms with Crippen molar-refractivity contribution >= 4 is 37.2 Å². The largest absolute Gasteiger partial charge is 0.398 e. The zero-order valence-electron chi connectivity index (χ0n) is 10.8. The van der Waals surface area contributed by atoms with Crippen LogP contribution in [0.25, 0.3) is 31.3 Å². The van der Waals surface area contributed by atoms with E-state index in [2.05, 4.69) is 48.5 Å². The van der Waals surface area contributed by atoms with Crippen molar-refractivity contribution in [1.82, 2.24) is 0 Å². The maximum Gasteiger partial charge on any atom is 0.0408 e. The molecule has 0 amide bonds. The van der Waals surface area contributed by atoms with Crippen LogP contribution in [0.5, 0.6) is 0 Å². The van der Waals surface area contributed by atoms with Crippen LogP contribution in [0.15, 0.2) is 66.7 Å². The molecule has 0 aliphatic carbocycles. The number of hydrogen-bond donors (Lipinski definition) is 1. The minimum absolute atomic E-state index is 0.858. The molecule has 2 heteroatoms. The summed E-state index contributed by atoms with van der Waals surface area (Å²) >= 11 is 1.80. The Kier molecular flexibility index (Phi) is 2.51. The third kappa shape index (κ3) is 1.62. The SMILES string of the molecule is Nc1cccc2sc3cccc(-c4ccccc4)c3c12. The van der Waals surface area contributed by atoms with Crippen LogP contribution in [0.2, 0.25) is 0 Å². The standard InChI is InChI=1S/C18H13NS/c19-14-9-5-11-16-18(14)17-13(8-4-10-15(17)20-16)12-6-2-1-3-7-12/h1-11H,19H2. The van der Waals surface area contributed by atoms with Gasteiger partial charge in [0.15, 0.2) is 0 Å². The van der Waals surface area contributed by atoms with Gasteiger partial charge in [-0.15, -0.1) is 11.3 Å². The molecule has 0 atom stereocenters. The van der Waals surface area contributed by atoms with Gasteiger partial charge in [0.2, 0.25) is 0 Å². The van der Waals surface area contributed by atoms with Crippen molar-refractivity contribution in [2.45, 2.75) is 0 Å². The molecule has 0 saturated heterocycles. The van der Waals surface area contributed by atoms with Crippen LogP contribution in [0.1, 0.15) is 0 Å². The van der Waals surface area contributed by atoms with Crippen LogP contribution in [0.4, 0.5) is 5.69 Å². The lowest BCUT2D eigenvalue weighted by atomic mass is 9.99. The molecule has 1 aromatic heterocycles. The molecular weight excluding hydrogens is 262 g/mol. The summed E-state index contributed by atoms with van der Waals surface area (Å²) in [6.07, 6.45) is 0. The maximum atomic E-state index is 6.22. The minimum atomic E-state index is 0.858. The van der Waals surface area contributed by atoms with Gasteiger partial charge < -0.3 is 5.73 Å². The van der Waals surface area contributed by atoms with Crippen molar-refractivity contribution in [2.24, 2.45) is 0 Å². The highest BCUT2D eigenvalue weighted by atomic mass is 32.1. The van der Waals surface area contributed by atoms with E-state index in [0.29, 0.717) is 0 Å². The highest BCUT2D eigenvalue weighted by Gasteiger charge is 2.12. The average Bonchev–Trinajstić information content (AvgIpc) is 2.88. The normalized spacial score (nSPS) is 11.2. The van der Waals surface area contributed by atoms with Gasteiger partial charge in [-0.1, -0.05) is 48.5 Å². The molecule has 0 bridgehead atoms. The molecular formula is C18H13NS. The van der Waals surface area contributed by atoms with Gasteiger partial charge in [-0.05, 0) is 29.3 Å². The molecule has 4 rings (SSSR count). The predicted octanol–water partition coefficient (Wildman–Crippen LogP) is 5.30. The zero-order valence-corrected chi connectivity index (χ0v) is 11.7. The molecule has 0 unspecified atom stereocenters. The van der Waals surface area contributed by atoms with Crippen molar-refractivity contribution in [3.8, 4) is 11.1 Å². The summed E-state index contributed by atoms with van der Waals surface area (Å²) in [6, 6.07) is 23.1. The molecule has 1 heterocycles. The van der Waals surface area contributed by atoms with Crippen LogP contribution < -0.4 is 5.73 Å². The quantitative estimate of drug-likeness (QED) is 0.468. The van der Waals surface area contributed by atoms with Crippen LogP contribution in [0.3, 0.4) is 0 Å². The summed E-state index contributed by atoms with van der Waals surface area (Å²) in [5.41, 5.74) is 9.57. The first-order valence-electron chi connectivity index (χ1n) is 6.60. The van der Waals surface area contributed by atoms with Gasteiger partial charge in [0.25, 0.3) is 0 Å². The van der Waals surface area contributed by atoms with E-state index in [-0.39, 0.29) is 0 Å². The Morgan fingerprint density at radius 2 is 1.35 bits per heavy atom. The minimum Gasteiger partial charge on any atom is -0.398 e. The molecule has 0 fully saturated rings. The van der Waals surface area contributed by atoms with E-state index < -0.39 is 0 Å². The number of nitrogens with two attached hydrogens (primary N) is 1. The average molecular weight is 275 g/mol. The Hall–Kier alpha value is -2.32. The van der Waals surface area contributed by atoms with Gasteiger partial charge in [0, 0.05) is 25.9 Å². The summed E-state index contributed by atoms with van der Waals surface area (Å²) in [7, 11) is 0. The summed E-state index contributed by atoms with van der Waals surface area (Å²) < 4.78 is 2.54. The van der Waals surface area contributed by atoms with Gasteiger partial charge in [-0.25, -0.2) is 0 Å². The van der Waals surface area contributed by atoms with Crippen LogP contribution in [-0.2, 0) is 0 Å². The van der Waals surface area contributed by atoms with Crippen molar-refractivity contribution < 1.29 is 0 Å². The van der Waals surface area contributed by atoms with Crippen molar-refractivity contribution in [1.29, 1.82) is 0 Å². The van der Waals surface area contributed by atoms with Crippen LogP contribution in [-0.4, -0.2) is 0 Å². The third-order valence-electron chi connectivity index (χ3n) is 3.64. The Morgan fingerprint density at radius 1 is 0.650 bits per heavy atom. The fraction of sp³-hybridized carbons (Fsp3) is 0. The molecule has 96 valence electrons. The Balaban J connectivity index is 2.20. The fourth-order valence-electron chi connectivity index (χ4n) is 2.75. The Morgan fingerprint density at radius 3 is 2.15 bits per heavy atom. The Bertz CT molecular complexity index is 907. The second-order valence-electron chi connectivity index (χ2n) is 4.87. The van der Waals surface area contributed by atoms with Crippen molar-refractivity contribution in [3.05, 3.63) is 66.7 Å². The van der Waals surface area contributed by atoms with E-state index in [4.69, 9.17) is 5.73 Å². The maximum absolute atomic E-state index is 6.22. The van der Waals surface area contributed by atoms with Crippen LogP contribution in [0, 0.1) is 0 Å². The first-order chi connectivity index (χ1) is 9.84. The number of benzene rings is 3. The molecule has 3 aromatic carbocycles. The number of nitrogen functional groups attached to an aromatic ring is 1. The molecule has 1 nitrogen and oxygen atoms in total. The summed E-state index contributed by atoms with van der Waals surface area (Å²) in [6.45, 7) is 0. The first kappa shape index (κ1) is 11.5. The number of thiophene rings is 1. The highest BCUT2D eigenvalue weighted by molar-refractivity contribution is 7.26. The first-order valence-corrected chi connectivity index (χ1v) is 7.41. The highest BCUT2D eigenvalue weighted by Crippen LogP contribution is 2.42. The van der Waals surface area contributed by atoms with E-state index in [1.54, 1.807) is 11.3 Å². The number of hydrogen-bond acceptors (Lipinski definition) is 2. The number of fused-ring (bicyclic) bond motifs is 3. The Labute approximate surface area is 121 Å². The van der Waals surface area contributed by atoms with E-state index in [9.17, 15) is 0 Å². The van der Waals surface area contributed by atoms with E-state index in [1.807, 2.05) is 18.2 Å². The second-order valence-corrected chi connectivity index (χ2v) is 5.95. The lowest BCUT2D eigenvalue weighted by Gasteiger charge is -2.05.